The van der Waals surface area contributed by atoms with Gasteiger partial charge in [0.15, 0.2) is 5.69 Å². The molecule has 202 valence electrons. The van der Waals surface area contributed by atoms with Crippen LogP contribution in [0.25, 0.3) is 0 Å². The molecule has 1 aromatic heterocycles. The van der Waals surface area contributed by atoms with Crippen LogP contribution >= 0.6 is 0 Å². The Balaban J connectivity index is 1.95. The quantitative estimate of drug-likeness (QED) is 0.245. The van der Waals surface area contributed by atoms with Gasteiger partial charge >= 0.3 is 12.5 Å². The van der Waals surface area contributed by atoms with Gasteiger partial charge in [-0.05, 0) is 53.1 Å². The summed E-state index contributed by atoms with van der Waals surface area (Å²) < 4.78 is 86.0. The molecule has 1 atom stereocenters. The number of hydrogen-bond acceptors (Lipinski definition) is 4. The lowest BCUT2D eigenvalue weighted by Gasteiger charge is -2.37. The number of hydrogen-bond donors (Lipinski definition) is 2. The topological polar surface area (TPSA) is 71.5 Å². The molecule has 0 fully saturated rings. The predicted octanol–water partition coefficient (Wildman–Crippen LogP) is 6.22. The molecule has 2 N–H and O–H groups in total. The van der Waals surface area contributed by atoms with Crippen LogP contribution in [0.1, 0.15) is 27.2 Å². The standard InChI is InChI=1S/C28H20F6N2O3/c29-20-10-8-18(9-11-20)27(16-17-5-2-1-3-6-17,36-25(38)24-23(37)7-4-12-35-24)19-13-21(30)15-22(14-19)39-28(33,34)26(31)32/h1-15,26,37H,16H2,(H,36,38)/t27-/m1/s1. The number of halogens is 6. The molecule has 0 unspecified atom stereocenters. The molecule has 1 amide bonds. The first kappa shape index (κ1) is 27.5. The molecule has 4 rings (SSSR count). The molecule has 4 aromatic rings. The summed E-state index contributed by atoms with van der Waals surface area (Å²) in [5.74, 6) is -4.15. The number of amides is 1. The number of nitrogens with one attached hydrogen (secondary N) is 1. The summed E-state index contributed by atoms with van der Waals surface area (Å²) in [6.07, 6.45) is -8.05. The van der Waals surface area contributed by atoms with Crippen molar-refractivity contribution in [3.05, 3.63) is 125 Å². The van der Waals surface area contributed by atoms with Crippen molar-refractivity contribution in [3.8, 4) is 11.5 Å². The second-order valence-corrected chi connectivity index (χ2v) is 8.54. The maximum atomic E-state index is 14.8. The highest BCUT2D eigenvalue weighted by Gasteiger charge is 2.45. The van der Waals surface area contributed by atoms with E-state index in [2.05, 4.69) is 15.0 Å². The van der Waals surface area contributed by atoms with Crippen LogP contribution in [0, 0.1) is 11.6 Å². The molecule has 11 heteroatoms. The summed E-state index contributed by atoms with van der Waals surface area (Å²) in [5.41, 5.74) is -1.68. The van der Waals surface area contributed by atoms with E-state index in [9.17, 15) is 36.2 Å². The first-order chi connectivity index (χ1) is 18.5. The van der Waals surface area contributed by atoms with Gasteiger partial charge in [-0.1, -0.05) is 42.5 Å². The minimum absolute atomic E-state index is 0.146. The zero-order chi connectivity index (χ0) is 28.2. The highest BCUT2D eigenvalue weighted by Crippen LogP contribution is 2.38. The molecule has 0 bridgehead atoms. The number of rotatable bonds is 9. The largest absolute Gasteiger partial charge is 0.505 e. The van der Waals surface area contributed by atoms with Gasteiger partial charge in [-0.2, -0.15) is 17.6 Å². The Morgan fingerprint density at radius 1 is 0.897 bits per heavy atom. The van der Waals surface area contributed by atoms with Gasteiger partial charge in [-0.15, -0.1) is 0 Å². The van der Waals surface area contributed by atoms with Gasteiger partial charge in [-0.3, -0.25) is 4.79 Å². The lowest BCUT2D eigenvalue weighted by atomic mass is 9.77. The minimum atomic E-state index is -4.94. The number of aromatic hydroxyl groups is 1. The summed E-state index contributed by atoms with van der Waals surface area (Å²) >= 11 is 0. The molecular weight excluding hydrogens is 526 g/mol. The molecule has 3 aromatic carbocycles. The van der Waals surface area contributed by atoms with Gasteiger partial charge in [0.25, 0.3) is 5.91 Å². The Hall–Kier alpha value is -4.54. The van der Waals surface area contributed by atoms with E-state index in [1.165, 1.54) is 30.5 Å². The Labute approximate surface area is 218 Å². The zero-order valence-corrected chi connectivity index (χ0v) is 19.9. The number of carbonyl (C=O) groups is 1. The van der Waals surface area contributed by atoms with Crippen LogP contribution in [0.4, 0.5) is 26.3 Å². The van der Waals surface area contributed by atoms with Crippen LogP contribution in [0.15, 0.2) is 91.1 Å². The van der Waals surface area contributed by atoms with E-state index < -0.39 is 52.8 Å². The van der Waals surface area contributed by atoms with Gasteiger partial charge in [0, 0.05) is 18.7 Å². The minimum Gasteiger partial charge on any atom is -0.505 e. The van der Waals surface area contributed by atoms with E-state index in [4.69, 9.17) is 0 Å². The molecule has 0 saturated carbocycles. The molecule has 0 radical (unpaired) electrons. The van der Waals surface area contributed by atoms with Gasteiger partial charge in [0.1, 0.15) is 23.1 Å². The Morgan fingerprint density at radius 3 is 2.23 bits per heavy atom. The van der Waals surface area contributed by atoms with Crippen LogP contribution < -0.4 is 10.1 Å². The smallest absolute Gasteiger partial charge is 0.461 e. The van der Waals surface area contributed by atoms with Crippen LogP contribution in [-0.2, 0) is 12.0 Å². The van der Waals surface area contributed by atoms with Gasteiger partial charge in [-0.25, -0.2) is 13.8 Å². The average molecular weight is 546 g/mol. The fraction of sp³-hybridized carbons (Fsp3) is 0.143. The van der Waals surface area contributed by atoms with Crippen LogP contribution in [-0.4, -0.2) is 28.5 Å². The number of pyridine rings is 1. The molecule has 0 aliphatic carbocycles. The highest BCUT2D eigenvalue weighted by atomic mass is 19.3. The Kier molecular flexibility index (Phi) is 7.80. The number of carbonyl (C=O) groups excluding carboxylic acids is 1. The van der Waals surface area contributed by atoms with Crippen molar-refractivity contribution in [2.45, 2.75) is 24.5 Å². The number of benzene rings is 3. The van der Waals surface area contributed by atoms with Gasteiger partial charge < -0.3 is 15.2 Å². The molecule has 0 saturated heterocycles. The van der Waals surface area contributed by atoms with Crippen LogP contribution in [0.3, 0.4) is 0 Å². The average Bonchev–Trinajstić information content (AvgIpc) is 2.89. The normalized spacial score (nSPS) is 13.1. The zero-order valence-electron chi connectivity index (χ0n) is 19.9. The first-order valence-electron chi connectivity index (χ1n) is 11.4. The van der Waals surface area contributed by atoms with E-state index in [-0.39, 0.29) is 17.5 Å². The number of ether oxygens (including phenoxy) is 1. The Morgan fingerprint density at radius 2 is 1.59 bits per heavy atom. The maximum absolute atomic E-state index is 14.8. The third kappa shape index (κ3) is 6.14. The molecular formula is C28H20F6N2O3. The monoisotopic (exact) mass is 546 g/mol. The van der Waals surface area contributed by atoms with E-state index >= 15 is 0 Å². The van der Waals surface area contributed by atoms with Crippen molar-refractivity contribution < 1.29 is 41.0 Å². The maximum Gasteiger partial charge on any atom is 0.461 e. The first-order valence-corrected chi connectivity index (χ1v) is 11.4. The summed E-state index contributed by atoms with van der Waals surface area (Å²) in [4.78, 5) is 17.3. The van der Waals surface area contributed by atoms with E-state index in [0.717, 1.165) is 24.3 Å². The van der Waals surface area contributed by atoms with E-state index in [1.54, 1.807) is 30.3 Å². The Bertz CT molecular complexity index is 1450. The molecule has 0 aliphatic rings. The summed E-state index contributed by atoms with van der Waals surface area (Å²) in [7, 11) is 0. The van der Waals surface area contributed by atoms with E-state index in [1.807, 2.05) is 0 Å². The second-order valence-electron chi connectivity index (χ2n) is 8.54. The van der Waals surface area contributed by atoms with Crippen molar-refractivity contribution in [2.24, 2.45) is 0 Å². The van der Waals surface area contributed by atoms with Crippen molar-refractivity contribution >= 4 is 5.91 Å². The van der Waals surface area contributed by atoms with Crippen LogP contribution in [0.2, 0.25) is 0 Å². The number of aromatic nitrogens is 1. The van der Waals surface area contributed by atoms with Crippen LogP contribution in [0.5, 0.6) is 11.5 Å². The molecule has 1 heterocycles. The molecule has 5 nitrogen and oxygen atoms in total. The van der Waals surface area contributed by atoms with Crippen molar-refractivity contribution in [2.75, 3.05) is 0 Å². The summed E-state index contributed by atoms with van der Waals surface area (Å²) in [5, 5.41) is 12.9. The number of nitrogens with zero attached hydrogens (tertiary/aromatic N) is 1. The fourth-order valence-corrected chi connectivity index (χ4v) is 4.09. The van der Waals surface area contributed by atoms with Gasteiger partial charge in [0.2, 0.25) is 0 Å². The second kappa shape index (κ2) is 11.1. The van der Waals surface area contributed by atoms with Crippen molar-refractivity contribution in [1.29, 1.82) is 0 Å². The molecule has 0 spiro atoms. The SMILES string of the molecule is O=C(N[C@](Cc1ccccc1)(c1ccc(F)cc1)c1cc(F)cc(OC(F)(F)C(F)F)c1)c1ncccc1O. The summed E-state index contributed by atoms with van der Waals surface area (Å²) in [6.45, 7) is 0. The predicted molar refractivity (Wildman–Crippen MR) is 129 cm³/mol. The fourth-order valence-electron chi connectivity index (χ4n) is 4.09. The third-order valence-electron chi connectivity index (χ3n) is 5.85. The lowest BCUT2D eigenvalue weighted by molar-refractivity contribution is -0.253. The third-order valence-corrected chi connectivity index (χ3v) is 5.85. The highest BCUT2D eigenvalue weighted by molar-refractivity contribution is 5.95. The lowest BCUT2D eigenvalue weighted by Crippen LogP contribution is -2.49. The number of alkyl halides is 4. The molecule has 39 heavy (non-hydrogen) atoms. The molecule has 0 aliphatic heterocycles. The van der Waals surface area contributed by atoms with Crippen molar-refractivity contribution in [3.63, 3.8) is 0 Å². The summed E-state index contributed by atoms with van der Waals surface area (Å²) in [6, 6.07) is 18.0. The van der Waals surface area contributed by atoms with Gasteiger partial charge in [0.05, 0.1) is 5.54 Å². The van der Waals surface area contributed by atoms with Crippen molar-refractivity contribution in [1.82, 2.24) is 10.3 Å². The van der Waals surface area contributed by atoms with E-state index in [0.29, 0.717) is 11.6 Å².